The number of nitrogens with zero attached hydrogens (tertiary/aromatic N) is 1. The molecule has 0 saturated heterocycles. The molecule has 0 bridgehead atoms. The second kappa shape index (κ2) is 7.99. The lowest BCUT2D eigenvalue weighted by Gasteiger charge is -2.02. The zero-order valence-corrected chi connectivity index (χ0v) is 15.8. The fourth-order valence-corrected chi connectivity index (χ4v) is 3.22. The van der Waals surface area contributed by atoms with Crippen LogP contribution in [-0.2, 0) is 17.7 Å². The van der Waals surface area contributed by atoms with Crippen LogP contribution in [0.1, 0.15) is 43.2 Å². The number of esters is 1. The minimum atomic E-state index is -0.432. The molecule has 5 heteroatoms. The van der Waals surface area contributed by atoms with Gasteiger partial charge in [-0.1, -0.05) is 30.3 Å². The predicted octanol–water partition coefficient (Wildman–Crippen LogP) is 3.18. The van der Waals surface area contributed by atoms with E-state index in [9.17, 15) is 9.59 Å². The molecule has 2 heterocycles. The zero-order chi connectivity index (χ0) is 19.4. The average Bonchev–Trinajstić information content (AvgIpc) is 2.98. The van der Waals surface area contributed by atoms with Crippen LogP contribution in [0.15, 0.2) is 54.9 Å². The van der Waals surface area contributed by atoms with Gasteiger partial charge >= 0.3 is 5.97 Å². The summed E-state index contributed by atoms with van der Waals surface area (Å²) in [5, 5.41) is 0. The number of hydrogen-bond donors (Lipinski definition) is 1. The summed E-state index contributed by atoms with van der Waals surface area (Å²) in [6.07, 6.45) is 4.66. The summed E-state index contributed by atoms with van der Waals surface area (Å²) < 4.78 is 6.63. The molecular weight excluding hydrogens is 340 g/mol. The lowest BCUT2D eigenvalue weighted by molar-refractivity contribution is -0.683. The first-order chi connectivity index (χ1) is 13.0. The van der Waals surface area contributed by atoms with E-state index < -0.39 is 5.97 Å². The topological polar surface area (TPSA) is 63.0 Å². The van der Waals surface area contributed by atoms with Crippen LogP contribution in [0.5, 0.6) is 0 Å². The monoisotopic (exact) mass is 363 g/mol. The highest BCUT2D eigenvalue weighted by atomic mass is 16.5. The van der Waals surface area contributed by atoms with E-state index in [-0.39, 0.29) is 12.3 Å². The normalized spacial score (nSPS) is 10.6. The summed E-state index contributed by atoms with van der Waals surface area (Å²) in [4.78, 5) is 27.6. The minimum Gasteiger partial charge on any atom is -0.465 e. The molecule has 3 rings (SSSR count). The smallest absolute Gasteiger partial charge is 0.339 e. The van der Waals surface area contributed by atoms with Gasteiger partial charge in [-0.3, -0.25) is 4.79 Å². The molecule has 0 saturated carbocycles. The fraction of sp³-hybridized carbons (Fsp3) is 0.227. The lowest BCUT2D eigenvalue weighted by atomic mass is 10.1. The number of pyridine rings is 1. The number of H-pyrrole nitrogens is 1. The molecule has 0 amide bonds. The molecule has 5 nitrogen and oxygen atoms in total. The maximum atomic E-state index is 12.7. The number of ether oxygens (including phenoxy) is 1. The number of nitrogens with one attached hydrogen (secondary N) is 1. The first-order valence-electron chi connectivity index (χ1n) is 8.82. The van der Waals surface area contributed by atoms with E-state index in [2.05, 4.69) is 17.1 Å². The Morgan fingerprint density at radius 3 is 2.26 bits per heavy atom. The van der Waals surface area contributed by atoms with Crippen molar-refractivity contribution in [2.45, 2.75) is 26.8 Å². The van der Waals surface area contributed by atoms with E-state index in [0.29, 0.717) is 22.5 Å². The molecule has 2 aromatic heterocycles. The number of methoxy groups -OCH3 is 1. The van der Waals surface area contributed by atoms with Crippen molar-refractivity contribution in [3.05, 3.63) is 88.5 Å². The molecule has 1 N–H and O–H groups in total. The van der Waals surface area contributed by atoms with Gasteiger partial charge in [-0.2, -0.15) is 4.57 Å². The van der Waals surface area contributed by atoms with E-state index in [0.717, 1.165) is 6.42 Å². The summed E-state index contributed by atoms with van der Waals surface area (Å²) in [6.45, 7) is 3.73. The van der Waals surface area contributed by atoms with Crippen molar-refractivity contribution in [1.82, 2.24) is 4.98 Å². The number of ketones is 1. The van der Waals surface area contributed by atoms with Crippen molar-refractivity contribution in [3.63, 3.8) is 0 Å². The summed E-state index contributed by atoms with van der Waals surface area (Å²) >= 11 is 0. The zero-order valence-electron chi connectivity index (χ0n) is 15.8. The van der Waals surface area contributed by atoms with Crippen LogP contribution in [-0.4, -0.2) is 23.8 Å². The molecule has 138 valence electrons. The van der Waals surface area contributed by atoms with Crippen molar-refractivity contribution in [1.29, 1.82) is 0 Å². The van der Waals surface area contributed by atoms with Crippen LogP contribution in [0.2, 0.25) is 0 Å². The SMILES string of the molecule is COC(=O)c1c(C)[nH]c(C(=O)C[n+]2ccc(Cc3ccccc3)cc2)c1C. The Morgan fingerprint density at radius 1 is 1.00 bits per heavy atom. The van der Waals surface area contributed by atoms with E-state index in [1.165, 1.54) is 18.2 Å². The van der Waals surface area contributed by atoms with E-state index >= 15 is 0 Å². The molecule has 0 unspecified atom stereocenters. The highest BCUT2D eigenvalue weighted by Crippen LogP contribution is 2.19. The molecular formula is C22H23N2O3+. The number of hydrogen-bond acceptors (Lipinski definition) is 3. The molecule has 0 atom stereocenters. The van der Waals surface area contributed by atoms with Gasteiger partial charge in [0.05, 0.1) is 18.4 Å². The van der Waals surface area contributed by atoms with E-state index in [1.807, 2.05) is 47.3 Å². The maximum Gasteiger partial charge on any atom is 0.339 e. The Bertz CT molecular complexity index is 957. The van der Waals surface area contributed by atoms with Gasteiger partial charge < -0.3 is 9.72 Å². The van der Waals surface area contributed by atoms with Crippen LogP contribution in [0.25, 0.3) is 0 Å². The van der Waals surface area contributed by atoms with E-state index in [4.69, 9.17) is 4.74 Å². The number of carbonyl (C=O) groups is 2. The van der Waals surface area contributed by atoms with Gasteiger partial charge in [0.15, 0.2) is 12.4 Å². The van der Waals surface area contributed by atoms with Gasteiger partial charge in [-0.05, 0) is 37.0 Å². The summed E-state index contributed by atoms with van der Waals surface area (Å²) in [7, 11) is 1.34. The summed E-state index contributed by atoms with van der Waals surface area (Å²) in [6, 6.07) is 14.3. The Labute approximate surface area is 158 Å². The minimum absolute atomic E-state index is 0.0773. The van der Waals surface area contributed by atoms with Gasteiger partial charge in [-0.25, -0.2) is 4.79 Å². The Hall–Kier alpha value is -3.21. The first-order valence-corrected chi connectivity index (χ1v) is 8.82. The summed E-state index contributed by atoms with van der Waals surface area (Å²) in [5.41, 5.74) is 4.60. The Morgan fingerprint density at radius 2 is 1.63 bits per heavy atom. The number of Topliss-reactive ketones (excluding diaryl/α,β-unsaturated/α-hetero) is 1. The van der Waals surface area contributed by atoms with Gasteiger partial charge in [0, 0.05) is 17.8 Å². The van der Waals surface area contributed by atoms with E-state index in [1.54, 1.807) is 13.8 Å². The van der Waals surface area contributed by atoms with Gasteiger partial charge in [0.1, 0.15) is 0 Å². The second-order valence-corrected chi connectivity index (χ2v) is 6.58. The number of rotatable bonds is 6. The van der Waals surface area contributed by atoms with Crippen molar-refractivity contribution in [3.8, 4) is 0 Å². The highest BCUT2D eigenvalue weighted by Gasteiger charge is 2.24. The van der Waals surface area contributed by atoms with Crippen molar-refractivity contribution >= 4 is 11.8 Å². The molecule has 3 aromatic rings. The van der Waals surface area contributed by atoms with Crippen LogP contribution < -0.4 is 4.57 Å². The molecule has 0 fully saturated rings. The van der Waals surface area contributed by atoms with Crippen molar-refractivity contribution < 1.29 is 18.9 Å². The highest BCUT2D eigenvalue weighted by molar-refractivity contribution is 6.00. The number of carbonyl (C=O) groups excluding carboxylic acids is 2. The summed E-state index contributed by atoms with van der Waals surface area (Å²) in [5.74, 6) is -0.509. The van der Waals surface area contributed by atoms with Gasteiger partial charge in [0.25, 0.3) is 0 Å². The second-order valence-electron chi connectivity index (χ2n) is 6.58. The van der Waals surface area contributed by atoms with Crippen molar-refractivity contribution in [2.75, 3.05) is 7.11 Å². The maximum absolute atomic E-state index is 12.7. The number of aromatic nitrogens is 2. The van der Waals surface area contributed by atoms with Gasteiger partial charge in [0.2, 0.25) is 12.3 Å². The standard InChI is InChI=1S/C22H22N2O3/c1-15-20(22(26)27-3)16(2)23-21(15)19(25)14-24-11-9-18(10-12-24)13-17-7-5-4-6-8-17/h4-12H,13-14H2,1-3H3/p+1. The molecule has 0 aliphatic heterocycles. The number of aryl methyl sites for hydroxylation is 1. The lowest BCUT2D eigenvalue weighted by Crippen LogP contribution is -2.37. The fourth-order valence-electron chi connectivity index (χ4n) is 3.22. The molecule has 1 aromatic carbocycles. The predicted molar refractivity (Wildman–Crippen MR) is 102 cm³/mol. The average molecular weight is 363 g/mol. The number of benzene rings is 1. The van der Waals surface area contributed by atoms with Crippen LogP contribution >= 0.6 is 0 Å². The van der Waals surface area contributed by atoms with Crippen molar-refractivity contribution in [2.24, 2.45) is 0 Å². The third-order valence-corrected chi connectivity index (χ3v) is 4.64. The third-order valence-electron chi connectivity index (χ3n) is 4.64. The Balaban J connectivity index is 1.72. The Kier molecular flexibility index (Phi) is 5.50. The molecule has 27 heavy (non-hydrogen) atoms. The van der Waals surface area contributed by atoms with Crippen LogP contribution in [0.3, 0.4) is 0 Å². The largest absolute Gasteiger partial charge is 0.465 e. The quantitative estimate of drug-likeness (QED) is 0.416. The third kappa shape index (κ3) is 4.14. The first kappa shape index (κ1) is 18.6. The number of aromatic amines is 1. The van der Waals surface area contributed by atoms with Gasteiger partial charge in [-0.15, -0.1) is 0 Å². The molecule has 0 spiro atoms. The molecule has 0 aliphatic carbocycles. The molecule has 0 aliphatic rings. The molecule has 0 radical (unpaired) electrons. The van der Waals surface area contributed by atoms with Crippen LogP contribution in [0.4, 0.5) is 0 Å². The van der Waals surface area contributed by atoms with Crippen LogP contribution in [0, 0.1) is 13.8 Å².